The lowest BCUT2D eigenvalue weighted by molar-refractivity contribution is 0.0994. The van der Waals surface area contributed by atoms with Crippen LogP contribution in [-0.4, -0.2) is 21.6 Å². The summed E-state index contributed by atoms with van der Waals surface area (Å²) in [5.74, 6) is -0.600. The van der Waals surface area contributed by atoms with Crippen molar-refractivity contribution >= 4 is 23.2 Å². The predicted molar refractivity (Wildman–Crippen MR) is 90.5 cm³/mol. The molecule has 8 nitrogen and oxygen atoms in total. The fourth-order valence-electron chi connectivity index (χ4n) is 2.06. The van der Waals surface area contributed by atoms with E-state index in [1.54, 1.807) is 36.4 Å². The van der Waals surface area contributed by atoms with Crippen molar-refractivity contribution in [1.82, 2.24) is 9.78 Å². The van der Waals surface area contributed by atoms with E-state index in [4.69, 9.17) is 4.42 Å². The monoisotopic (exact) mass is 338 g/mol. The van der Waals surface area contributed by atoms with Crippen molar-refractivity contribution in [3.05, 3.63) is 76.6 Å². The molecule has 0 unspecified atom stereocenters. The van der Waals surface area contributed by atoms with Crippen LogP contribution in [0.5, 0.6) is 0 Å². The molecule has 0 bridgehead atoms. The smallest absolute Gasteiger partial charge is 0.291 e. The highest BCUT2D eigenvalue weighted by Crippen LogP contribution is 2.15. The molecule has 2 aromatic heterocycles. The minimum Gasteiger partial charge on any atom is -0.459 e. The van der Waals surface area contributed by atoms with Crippen molar-refractivity contribution in [3.8, 4) is 0 Å². The van der Waals surface area contributed by atoms with Gasteiger partial charge in [-0.3, -0.25) is 14.4 Å². The van der Waals surface area contributed by atoms with Crippen molar-refractivity contribution in [3.63, 3.8) is 0 Å². The van der Waals surface area contributed by atoms with E-state index in [-0.39, 0.29) is 22.9 Å². The first-order chi connectivity index (χ1) is 12.0. The lowest BCUT2D eigenvalue weighted by Crippen LogP contribution is -2.23. The lowest BCUT2D eigenvalue weighted by Gasteiger charge is -2.07. The first-order valence-corrected chi connectivity index (χ1v) is 7.33. The number of carbonyl (C=O) groups is 2. The van der Waals surface area contributed by atoms with Crippen molar-refractivity contribution in [2.24, 2.45) is 7.05 Å². The van der Waals surface area contributed by atoms with Crippen LogP contribution in [0.2, 0.25) is 0 Å². The normalized spacial score (nSPS) is 10.3. The molecule has 2 amide bonds. The van der Waals surface area contributed by atoms with Crippen molar-refractivity contribution < 1.29 is 14.0 Å². The van der Waals surface area contributed by atoms with Crippen LogP contribution in [0.25, 0.3) is 0 Å². The van der Waals surface area contributed by atoms with Crippen LogP contribution in [0.15, 0.2) is 64.0 Å². The fourth-order valence-corrected chi connectivity index (χ4v) is 2.06. The van der Waals surface area contributed by atoms with Crippen LogP contribution in [0, 0.1) is 0 Å². The van der Waals surface area contributed by atoms with Gasteiger partial charge in [-0.05, 0) is 42.5 Å². The molecule has 3 rings (SSSR count). The van der Waals surface area contributed by atoms with E-state index in [0.29, 0.717) is 11.4 Å². The Morgan fingerprint density at radius 2 is 1.60 bits per heavy atom. The van der Waals surface area contributed by atoms with Crippen LogP contribution in [0.4, 0.5) is 11.4 Å². The summed E-state index contributed by atoms with van der Waals surface area (Å²) in [6, 6.07) is 12.4. The van der Waals surface area contributed by atoms with Crippen molar-refractivity contribution in [2.75, 3.05) is 10.6 Å². The Kier molecular flexibility index (Phi) is 4.42. The molecule has 0 aliphatic rings. The summed E-state index contributed by atoms with van der Waals surface area (Å²) < 4.78 is 6.10. The summed E-state index contributed by atoms with van der Waals surface area (Å²) in [5, 5.41) is 9.22. The second-order valence-corrected chi connectivity index (χ2v) is 5.14. The van der Waals surface area contributed by atoms with Gasteiger partial charge in [0.2, 0.25) is 0 Å². The van der Waals surface area contributed by atoms with E-state index < -0.39 is 5.91 Å². The minimum atomic E-state index is -0.442. The number of carbonyl (C=O) groups excluding carboxylic acids is 2. The SMILES string of the molecule is Cn1nc(C(=O)Nc2ccc(NC(=O)c3ccco3)cc2)ccc1=O. The third-order valence-electron chi connectivity index (χ3n) is 3.34. The van der Waals surface area contributed by atoms with Crippen LogP contribution < -0.4 is 16.2 Å². The molecule has 0 aliphatic carbocycles. The van der Waals surface area contributed by atoms with Crippen LogP contribution in [0.3, 0.4) is 0 Å². The number of amides is 2. The molecule has 25 heavy (non-hydrogen) atoms. The van der Waals surface area contributed by atoms with Gasteiger partial charge in [-0.2, -0.15) is 5.10 Å². The van der Waals surface area contributed by atoms with Gasteiger partial charge in [0, 0.05) is 24.5 Å². The maximum atomic E-state index is 12.1. The van der Waals surface area contributed by atoms with Gasteiger partial charge in [0.15, 0.2) is 5.76 Å². The molecule has 0 atom stereocenters. The molecule has 0 aliphatic heterocycles. The number of hydrogen-bond acceptors (Lipinski definition) is 5. The van der Waals surface area contributed by atoms with Gasteiger partial charge in [-0.25, -0.2) is 4.68 Å². The predicted octanol–water partition coefficient (Wildman–Crippen LogP) is 1.88. The highest BCUT2D eigenvalue weighted by Gasteiger charge is 2.10. The van der Waals surface area contributed by atoms with Gasteiger partial charge in [0.1, 0.15) is 5.69 Å². The Labute approximate surface area is 142 Å². The molecular weight excluding hydrogens is 324 g/mol. The zero-order valence-electron chi connectivity index (χ0n) is 13.2. The molecule has 3 aromatic rings. The third kappa shape index (κ3) is 3.81. The van der Waals surface area contributed by atoms with Gasteiger partial charge in [0.25, 0.3) is 17.4 Å². The molecule has 126 valence electrons. The average Bonchev–Trinajstić information content (AvgIpc) is 3.14. The average molecular weight is 338 g/mol. The molecule has 0 saturated carbocycles. The number of nitrogens with zero attached hydrogens (tertiary/aromatic N) is 2. The third-order valence-corrected chi connectivity index (χ3v) is 3.34. The topological polar surface area (TPSA) is 106 Å². The van der Waals surface area contributed by atoms with Gasteiger partial charge in [0.05, 0.1) is 6.26 Å². The molecule has 0 fully saturated rings. The largest absolute Gasteiger partial charge is 0.459 e. The number of aryl methyl sites for hydroxylation is 1. The Morgan fingerprint density at radius 3 is 2.16 bits per heavy atom. The maximum absolute atomic E-state index is 12.1. The number of hydrogen-bond donors (Lipinski definition) is 2. The Balaban J connectivity index is 1.66. The van der Waals surface area contributed by atoms with Gasteiger partial charge >= 0.3 is 0 Å². The number of aromatic nitrogens is 2. The fraction of sp³-hybridized carbons (Fsp3) is 0.0588. The first kappa shape index (κ1) is 16.2. The Hall–Kier alpha value is -3.68. The van der Waals surface area contributed by atoms with E-state index in [1.165, 1.54) is 25.4 Å². The molecule has 1 aromatic carbocycles. The molecular formula is C17H14N4O4. The molecule has 8 heteroatoms. The molecule has 0 saturated heterocycles. The zero-order valence-corrected chi connectivity index (χ0v) is 13.2. The first-order valence-electron chi connectivity index (χ1n) is 7.33. The van der Waals surface area contributed by atoms with Crippen LogP contribution >= 0.6 is 0 Å². The van der Waals surface area contributed by atoms with E-state index in [9.17, 15) is 14.4 Å². The summed E-state index contributed by atoms with van der Waals surface area (Å²) in [5.41, 5.74) is 0.904. The highest BCUT2D eigenvalue weighted by atomic mass is 16.3. The summed E-state index contributed by atoms with van der Waals surface area (Å²) in [7, 11) is 1.47. The minimum absolute atomic E-state index is 0.122. The Bertz CT molecular complexity index is 959. The summed E-state index contributed by atoms with van der Waals surface area (Å²) in [4.78, 5) is 35.3. The molecule has 2 heterocycles. The van der Waals surface area contributed by atoms with Gasteiger partial charge in [-0.1, -0.05) is 0 Å². The second kappa shape index (κ2) is 6.83. The van der Waals surface area contributed by atoms with Crippen LogP contribution in [0.1, 0.15) is 21.0 Å². The highest BCUT2D eigenvalue weighted by molar-refractivity contribution is 6.04. The summed E-state index contributed by atoms with van der Waals surface area (Å²) >= 11 is 0. The zero-order chi connectivity index (χ0) is 17.8. The molecule has 0 spiro atoms. The molecule has 0 radical (unpaired) electrons. The summed E-state index contributed by atoms with van der Waals surface area (Å²) in [6.45, 7) is 0. The van der Waals surface area contributed by atoms with E-state index in [1.807, 2.05) is 0 Å². The maximum Gasteiger partial charge on any atom is 0.291 e. The number of benzene rings is 1. The van der Waals surface area contributed by atoms with Gasteiger partial charge in [-0.15, -0.1) is 0 Å². The second-order valence-electron chi connectivity index (χ2n) is 5.14. The summed E-state index contributed by atoms with van der Waals surface area (Å²) in [6.07, 6.45) is 1.42. The van der Waals surface area contributed by atoms with Crippen LogP contribution in [-0.2, 0) is 7.05 Å². The van der Waals surface area contributed by atoms with E-state index >= 15 is 0 Å². The number of nitrogens with one attached hydrogen (secondary N) is 2. The van der Waals surface area contributed by atoms with E-state index in [2.05, 4.69) is 15.7 Å². The number of furan rings is 1. The lowest BCUT2D eigenvalue weighted by atomic mass is 10.2. The van der Waals surface area contributed by atoms with E-state index in [0.717, 1.165) is 4.68 Å². The molecule has 2 N–H and O–H groups in total. The number of anilines is 2. The van der Waals surface area contributed by atoms with Crippen molar-refractivity contribution in [1.29, 1.82) is 0 Å². The number of rotatable bonds is 4. The Morgan fingerprint density at radius 1 is 0.960 bits per heavy atom. The quantitative estimate of drug-likeness (QED) is 0.755. The van der Waals surface area contributed by atoms with Gasteiger partial charge < -0.3 is 15.1 Å². The standard InChI is InChI=1S/C17H14N4O4/c1-21-15(22)9-8-13(20-21)16(23)18-11-4-6-12(7-5-11)19-17(24)14-3-2-10-25-14/h2-10H,1H3,(H,18,23)(H,19,24). The van der Waals surface area contributed by atoms with Crippen molar-refractivity contribution in [2.45, 2.75) is 0 Å².